The van der Waals surface area contributed by atoms with Gasteiger partial charge in [0.05, 0.1) is 6.10 Å². The molecule has 1 unspecified atom stereocenters. The maximum Gasteiger partial charge on any atom is 0.0702 e. The lowest BCUT2D eigenvalue weighted by Crippen LogP contribution is -2.40. The smallest absolute Gasteiger partial charge is 0.0702 e. The van der Waals surface area contributed by atoms with Crippen molar-refractivity contribution < 1.29 is 4.74 Å². The van der Waals surface area contributed by atoms with Gasteiger partial charge in [-0.05, 0) is 45.3 Å². The molecule has 1 atom stereocenters. The van der Waals surface area contributed by atoms with Crippen LogP contribution in [0.4, 0.5) is 0 Å². The fraction of sp³-hybridized carbons (Fsp3) is 1.00. The number of likely N-dealkylation sites (tertiary alicyclic amines) is 1. The molecule has 1 aliphatic heterocycles. The minimum Gasteiger partial charge on any atom is -0.377 e. The van der Waals surface area contributed by atoms with Gasteiger partial charge in [-0.3, -0.25) is 0 Å². The zero-order chi connectivity index (χ0) is 10.2. The van der Waals surface area contributed by atoms with Crippen LogP contribution < -0.4 is 5.73 Å². The van der Waals surface area contributed by atoms with E-state index in [9.17, 15) is 0 Å². The maximum absolute atomic E-state index is 5.77. The number of rotatable bonds is 6. The first-order valence-corrected chi connectivity index (χ1v) is 5.90. The van der Waals surface area contributed by atoms with Gasteiger partial charge in [0, 0.05) is 13.2 Å². The number of hydrogen-bond acceptors (Lipinski definition) is 3. The van der Waals surface area contributed by atoms with Crippen LogP contribution in [0.15, 0.2) is 0 Å². The van der Waals surface area contributed by atoms with Crippen LogP contribution in [-0.4, -0.2) is 43.8 Å². The fourth-order valence-corrected chi connectivity index (χ4v) is 1.95. The van der Waals surface area contributed by atoms with Crippen molar-refractivity contribution in [2.75, 3.05) is 32.8 Å². The summed E-state index contributed by atoms with van der Waals surface area (Å²) in [6.07, 6.45) is 5.22. The summed E-state index contributed by atoms with van der Waals surface area (Å²) < 4.78 is 5.77. The summed E-state index contributed by atoms with van der Waals surface area (Å²) in [6, 6.07) is 0. The molecule has 0 aromatic rings. The Morgan fingerprint density at radius 3 is 3.07 bits per heavy atom. The summed E-state index contributed by atoms with van der Waals surface area (Å²) in [4.78, 5) is 2.48. The molecule has 1 heterocycles. The fourth-order valence-electron chi connectivity index (χ4n) is 1.95. The van der Waals surface area contributed by atoms with Crippen LogP contribution in [0.2, 0.25) is 0 Å². The van der Waals surface area contributed by atoms with Crippen molar-refractivity contribution in [1.29, 1.82) is 0 Å². The van der Waals surface area contributed by atoms with Gasteiger partial charge in [0.15, 0.2) is 0 Å². The Hall–Kier alpha value is -0.120. The summed E-state index contributed by atoms with van der Waals surface area (Å²) in [6.45, 7) is 7.36. The maximum atomic E-state index is 5.77. The van der Waals surface area contributed by atoms with Crippen molar-refractivity contribution in [2.45, 2.75) is 38.7 Å². The van der Waals surface area contributed by atoms with E-state index in [1.165, 1.54) is 19.4 Å². The van der Waals surface area contributed by atoms with Gasteiger partial charge >= 0.3 is 0 Å². The molecule has 0 bridgehead atoms. The summed E-state index contributed by atoms with van der Waals surface area (Å²) >= 11 is 0. The normalized spacial score (nSPS) is 24.0. The third-order valence-electron chi connectivity index (χ3n) is 2.70. The van der Waals surface area contributed by atoms with Crippen LogP contribution in [0, 0.1) is 0 Å². The predicted molar refractivity (Wildman–Crippen MR) is 59.4 cm³/mol. The zero-order valence-electron chi connectivity index (χ0n) is 9.37. The standard InChI is InChI=1S/C11H24N2O/c1-2-9-14-11-5-3-7-13(10-11)8-4-6-12/h11H,2-10,12H2,1H3. The van der Waals surface area contributed by atoms with Crippen LogP contribution in [0.1, 0.15) is 32.6 Å². The van der Waals surface area contributed by atoms with E-state index < -0.39 is 0 Å². The summed E-state index contributed by atoms with van der Waals surface area (Å²) in [5.74, 6) is 0. The van der Waals surface area contributed by atoms with Crippen LogP contribution in [0.3, 0.4) is 0 Å². The van der Waals surface area contributed by atoms with Gasteiger partial charge in [-0.25, -0.2) is 0 Å². The van der Waals surface area contributed by atoms with E-state index in [0.29, 0.717) is 6.10 Å². The molecule has 1 saturated heterocycles. The van der Waals surface area contributed by atoms with Gasteiger partial charge in [-0.15, -0.1) is 0 Å². The van der Waals surface area contributed by atoms with E-state index in [-0.39, 0.29) is 0 Å². The summed E-state index contributed by atoms with van der Waals surface area (Å²) in [5.41, 5.74) is 5.50. The van der Waals surface area contributed by atoms with Gasteiger partial charge in [-0.2, -0.15) is 0 Å². The lowest BCUT2D eigenvalue weighted by molar-refractivity contribution is -0.0000620. The molecule has 3 nitrogen and oxygen atoms in total. The van der Waals surface area contributed by atoms with Crippen LogP contribution in [0.25, 0.3) is 0 Å². The van der Waals surface area contributed by atoms with E-state index in [4.69, 9.17) is 10.5 Å². The van der Waals surface area contributed by atoms with Crippen LogP contribution in [0.5, 0.6) is 0 Å². The Morgan fingerprint density at radius 2 is 2.36 bits per heavy atom. The van der Waals surface area contributed by atoms with Crippen LogP contribution in [-0.2, 0) is 4.74 Å². The second kappa shape index (κ2) is 7.21. The van der Waals surface area contributed by atoms with Crippen molar-refractivity contribution in [2.24, 2.45) is 5.73 Å². The number of piperidine rings is 1. The Balaban J connectivity index is 2.14. The van der Waals surface area contributed by atoms with E-state index in [2.05, 4.69) is 11.8 Å². The minimum absolute atomic E-state index is 0.474. The van der Waals surface area contributed by atoms with E-state index in [1.54, 1.807) is 0 Å². The molecule has 1 aliphatic rings. The number of nitrogens with zero attached hydrogens (tertiary/aromatic N) is 1. The molecule has 14 heavy (non-hydrogen) atoms. The monoisotopic (exact) mass is 200 g/mol. The number of ether oxygens (including phenoxy) is 1. The molecule has 0 spiro atoms. The highest BCUT2D eigenvalue weighted by atomic mass is 16.5. The number of hydrogen-bond donors (Lipinski definition) is 1. The van der Waals surface area contributed by atoms with Crippen molar-refractivity contribution in [1.82, 2.24) is 4.90 Å². The minimum atomic E-state index is 0.474. The van der Waals surface area contributed by atoms with E-state index >= 15 is 0 Å². The molecular weight excluding hydrogens is 176 g/mol. The molecule has 0 aromatic heterocycles. The lowest BCUT2D eigenvalue weighted by atomic mass is 10.1. The molecule has 84 valence electrons. The van der Waals surface area contributed by atoms with Crippen molar-refractivity contribution in [3.8, 4) is 0 Å². The van der Waals surface area contributed by atoms with Gasteiger partial charge < -0.3 is 15.4 Å². The second-order valence-corrected chi connectivity index (χ2v) is 4.08. The third kappa shape index (κ3) is 4.40. The second-order valence-electron chi connectivity index (χ2n) is 4.08. The molecule has 0 aliphatic carbocycles. The Kier molecular flexibility index (Phi) is 6.15. The quantitative estimate of drug-likeness (QED) is 0.701. The summed E-state index contributed by atoms with van der Waals surface area (Å²) in [5, 5.41) is 0. The first-order chi connectivity index (χ1) is 6.86. The Bertz CT molecular complexity index is 127. The van der Waals surface area contributed by atoms with Gasteiger partial charge in [0.2, 0.25) is 0 Å². The molecular formula is C11H24N2O. The number of nitrogens with two attached hydrogens (primary N) is 1. The SMILES string of the molecule is CCCOC1CCCN(CCCN)C1. The highest BCUT2D eigenvalue weighted by Gasteiger charge is 2.19. The molecule has 3 heteroatoms. The molecule has 0 radical (unpaired) electrons. The highest BCUT2D eigenvalue weighted by Crippen LogP contribution is 2.13. The predicted octanol–water partition coefficient (Wildman–Crippen LogP) is 1.23. The first kappa shape index (κ1) is 12.0. The third-order valence-corrected chi connectivity index (χ3v) is 2.70. The molecule has 1 fully saturated rings. The van der Waals surface area contributed by atoms with Gasteiger partial charge in [0.1, 0.15) is 0 Å². The van der Waals surface area contributed by atoms with E-state index in [0.717, 1.165) is 39.1 Å². The molecule has 0 amide bonds. The zero-order valence-corrected chi connectivity index (χ0v) is 9.37. The highest BCUT2D eigenvalue weighted by molar-refractivity contribution is 4.73. The topological polar surface area (TPSA) is 38.5 Å². The van der Waals surface area contributed by atoms with Crippen molar-refractivity contribution >= 4 is 0 Å². The van der Waals surface area contributed by atoms with Crippen molar-refractivity contribution in [3.63, 3.8) is 0 Å². The summed E-state index contributed by atoms with van der Waals surface area (Å²) in [7, 11) is 0. The average Bonchev–Trinajstić information content (AvgIpc) is 2.24. The molecule has 1 rings (SSSR count). The van der Waals surface area contributed by atoms with Crippen molar-refractivity contribution in [3.05, 3.63) is 0 Å². The molecule has 2 N–H and O–H groups in total. The largest absolute Gasteiger partial charge is 0.377 e. The Morgan fingerprint density at radius 1 is 1.50 bits per heavy atom. The van der Waals surface area contributed by atoms with E-state index in [1.807, 2.05) is 0 Å². The molecule has 0 aromatic carbocycles. The van der Waals surface area contributed by atoms with Gasteiger partial charge in [0.25, 0.3) is 0 Å². The molecule has 0 saturated carbocycles. The lowest BCUT2D eigenvalue weighted by Gasteiger charge is -2.32. The van der Waals surface area contributed by atoms with Crippen LogP contribution >= 0.6 is 0 Å². The average molecular weight is 200 g/mol. The Labute approximate surface area is 87.6 Å². The van der Waals surface area contributed by atoms with Gasteiger partial charge in [-0.1, -0.05) is 6.92 Å². The first-order valence-electron chi connectivity index (χ1n) is 5.90.